The van der Waals surface area contributed by atoms with E-state index in [0.29, 0.717) is 0 Å². The summed E-state index contributed by atoms with van der Waals surface area (Å²) < 4.78 is 0. The molecule has 1 aliphatic rings. The number of amides is 1. The van der Waals surface area contributed by atoms with Crippen molar-refractivity contribution < 1.29 is 10.5 Å². The number of quaternary nitrogens is 1. The Kier molecular flexibility index (Phi) is 2.28. The number of nitrogens with one attached hydrogen (secondary N) is 1. The molecular weight excluding hydrogens is 168 g/mol. The molecule has 0 saturated carbocycles. The summed E-state index contributed by atoms with van der Waals surface area (Å²) in [6, 6.07) is -0.290. The van der Waals surface area contributed by atoms with Crippen molar-refractivity contribution in [3.8, 4) is 0 Å². The highest BCUT2D eigenvalue weighted by Crippen LogP contribution is 2.16. The van der Waals surface area contributed by atoms with Gasteiger partial charge in [0.1, 0.15) is 5.25 Å². The second-order valence-electron chi connectivity index (χ2n) is 2.13. The molecule has 2 atom stereocenters. The van der Waals surface area contributed by atoms with Crippen molar-refractivity contribution in [3.05, 3.63) is 11.1 Å². The van der Waals surface area contributed by atoms with Crippen LogP contribution in [0.4, 0.5) is 0 Å². The lowest BCUT2D eigenvalue weighted by Crippen LogP contribution is -2.67. The van der Waals surface area contributed by atoms with Gasteiger partial charge in [-0.05, 0) is 5.41 Å². The standard InChI is InChI=1S/C5H8N2OS2/c6-3-4(10)2(1-9)7-5(3)8/h1,3-4,9-10H,6H2,(H,7,8)/p+1/b2-1+. The van der Waals surface area contributed by atoms with Gasteiger partial charge in [0.05, 0.1) is 0 Å². The summed E-state index contributed by atoms with van der Waals surface area (Å²) in [6.07, 6.45) is 0. The van der Waals surface area contributed by atoms with Crippen LogP contribution in [0.25, 0.3) is 0 Å². The van der Waals surface area contributed by atoms with E-state index in [-0.39, 0.29) is 17.2 Å². The molecule has 1 heterocycles. The van der Waals surface area contributed by atoms with Crippen LogP contribution < -0.4 is 11.1 Å². The van der Waals surface area contributed by atoms with Gasteiger partial charge in [0.2, 0.25) is 0 Å². The fourth-order valence-corrected chi connectivity index (χ4v) is 1.39. The average molecular weight is 177 g/mol. The Bertz CT molecular complexity index is 192. The highest BCUT2D eigenvalue weighted by molar-refractivity contribution is 7.83. The molecule has 0 aromatic heterocycles. The topological polar surface area (TPSA) is 56.7 Å². The predicted molar refractivity (Wildman–Crippen MR) is 44.7 cm³/mol. The molecule has 0 radical (unpaired) electrons. The van der Waals surface area contributed by atoms with Crippen molar-refractivity contribution >= 4 is 31.2 Å². The van der Waals surface area contributed by atoms with Crippen LogP contribution in [0.1, 0.15) is 0 Å². The van der Waals surface area contributed by atoms with E-state index in [2.05, 4.69) is 36.3 Å². The normalized spacial score (nSPS) is 36.7. The molecule has 1 saturated heterocycles. The van der Waals surface area contributed by atoms with Crippen LogP contribution in [-0.4, -0.2) is 17.2 Å². The fourth-order valence-electron chi connectivity index (χ4n) is 0.778. The van der Waals surface area contributed by atoms with E-state index in [4.69, 9.17) is 0 Å². The molecule has 1 amide bonds. The smallest absolute Gasteiger partial charge is 0.283 e. The monoisotopic (exact) mass is 177 g/mol. The number of thiol groups is 2. The largest absolute Gasteiger partial charge is 0.346 e. The maximum atomic E-state index is 10.9. The van der Waals surface area contributed by atoms with Crippen LogP contribution >= 0.6 is 25.3 Å². The molecule has 0 aromatic rings. The maximum Gasteiger partial charge on any atom is 0.283 e. The summed E-state index contributed by atoms with van der Waals surface area (Å²) in [7, 11) is 0. The number of hydrogen-bond donors (Lipinski definition) is 4. The van der Waals surface area contributed by atoms with Gasteiger partial charge in [0, 0.05) is 5.70 Å². The van der Waals surface area contributed by atoms with E-state index in [1.807, 2.05) is 0 Å². The molecular formula is C5H9N2OS2+. The molecule has 1 aliphatic heterocycles. The lowest BCUT2D eigenvalue weighted by Gasteiger charge is -2.00. The zero-order valence-corrected chi connectivity index (χ0v) is 7.03. The molecule has 0 bridgehead atoms. The minimum Gasteiger partial charge on any atom is -0.346 e. The molecule has 0 aliphatic carbocycles. The summed E-state index contributed by atoms with van der Waals surface area (Å²) in [5.41, 5.74) is 4.37. The van der Waals surface area contributed by atoms with Crippen LogP contribution in [0.3, 0.4) is 0 Å². The van der Waals surface area contributed by atoms with Crippen molar-refractivity contribution in [2.75, 3.05) is 0 Å². The second-order valence-corrected chi connectivity index (χ2v) is 2.94. The Hall–Kier alpha value is -0.130. The molecule has 10 heavy (non-hydrogen) atoms. The SMILES string of the molecule is [NH3+]C1C(=O)N/C(=C/S)C1S. The average Bonchev–Trinajstić information content (AvgIpc) is 2.17. The Morgan fingerprint density at radius 3 is 2.50 bits per heavy atom. The van der Waals surface area contributed by atoms with Crippen LogP contribution in [0.5, 0.6) is 0 Å². The van der Waals surface area contributed by atoms with Crippen molar-refractivity contribution in [3.63, 3.8) is 0 Å². The third-order valence-corrected chi connectivity index (χ3v) is 2.36. The highest BCUT2D eigenvalue weighted by atomic mass is 32.1. The Morgan fingerprint density at radius 1 is 1.70 bits per heavy atom. The van der Waals surface area contributed by atoms with Crippen molar-refractivity contribution in [1.29, 1.82) is 0 Å². The Morgan fingerprint density at radius 2 is 2.30 bits per heavy atom. The molecule has 3 nitrogen and oxygen atoms in total. The molecule has 56 valence electrons. The minimum absolute atomic E-state index is 0.0831. The van der Waals surface area contributed by atoms with Crippen LogP contribution in [0.15, 0.2) is 11.1 Å². The first kappa shape index (κ1) is 7.97. The van der Waals surface area contributed by atoms with Gasteiger partial charge >= 0.3 is 0 Å². The van der Waals surface area contributed by atoms with E-state index in [9.17, 15) is 4.79 Å². The fraction of sp³-hybridized carbons (Fsp3) is 0.400. The molecule has 1 fully saturated rings. The van der Waals surface area contributed by atoms with Gasteiger partial charge in [0.15, 0.2) is 6.04 Å². The number of carbonyl (C=O) groups is 1. The van der Waals surface area contributed by atoms with E-state index in [1.54, 1.807) is 5.41 Å². The molecule has 4 N–H and O–H groups in total. The van der Waals surface area contributed by atoms with Crippen LogP contribution in [0, 0.1) is 0 Å². The summed E-state index contributed by atoms with van der Waals surface area (Å²) in [4.78, 5) is 10.9. The van der Waals surface area contributed by atoms with E-state index in [0.717, 1.165) is 5.70 Å². The first-order valence-electron chi connectivity index (χ1n) is 2.83. The second kappa shape index (κ2) is 2.86. The van der Waals surface area contributed by atoms with Gasteiger partial charge in [0.25, 0.3) is 5.91 Å². The number of carbonyl (C=O) groups excluding carboxylic acids is 1. The maximum absolute atomic E-state index is 10.9. The van der Waals surface area contributed by atoms with Gasteiger partial charge in [-0.3, -0.25) is 4.79 Å². The molecule has 5 heteroatoms. The zero-order chi connectivity index (χ0) is 7.72. The van der Waals surface area contributed by atoms with Gasteiger partial charge < -0.3 is 11.1 Å². The molecule has 2 unspecified atom stereocenters. The van der Waals surface area contributed by atoms with E-state index >= 15 is 0 Å². The third kappa shape index (κ3) is 1.16. The van der Waals surface area contributed by atoms with Gasteiger partial charge in [-0.15, -0.1) is 12.6 Å². The highest BCUT2D eigenvalue weighted by Gasteiger charge is 2.36. The van der Waals surface area contributed by atoms with E-state index < -0.39 is 0 Å². The summed E-state index contributed by atoms with van der Waals surface area (Å²) in [5.74, 6) is -0.0831. The Balaban J connectivity index is 2.81. The molecule has 0 aromatic carbocycles. The number of hydrogen-bond acceptors (Lipinski definition) is 3. The summed E-state index contributed by atoms with van der Waals surface area (Å²) in [5, 5.41) is 4.03. The van der Waals surface area contributed by atoms with Crippen molar-refractivity contribution in [1.82, 2.24) is 5.32 Å². The quantitative estimate of drug-likeness (QED) is 0.345. The first-order chi connectivity index (χ1) is 4.66. The van der Waals surface area contributed by atoms with Gasteiger partial charge in [-0.1, -0.05) is 0 Å². The van der Waals surface area contributed by atoms with Gasteiger partial charge in [-0.25, -0.2) is 0 Å². The lowest BCUT2D eigenvalue weighted by atomic mass is 10.2. The lowest BCUT2D eigenvalue weighted by molar-refractivity contribution is -0.398. The first-order valence-corrected chi connectivity index (χ1v) is 3.86. The minimum atomic E-state index is -0.290. The van der Waals surface area contributed by atoms with E-state index in [1.165, 1.54) is 0 Å². The van der Waals surface area contributed by atoms with Gasteiger partial charge in [-0.2, -0.15) is 12.6 Å². The zero-order valence-electron chi connectivity index (χ0n) is 5.24. The molecule has 0 spiro atoms. The summed E-state index contributed by atoms with van der Waals surface area (Å²) >= 11 is 8.06. The predicted octanol–water partition coefficient (Wildman–Crippen LogP) is -1.20. The number of rotatable bonds is 0. The van der Waals surface area contributed by atoms with Crippen LogP contribution in [0.2, 0.25) is 0 Å². The third-order valence-electron chi connectivity index (χ3n) is 1.44. The molecule has 1 rings (SSSR count). The van der Waals surface area contributed by atoms with Crippen LogP contribution in [-0.2, 0) is 4.79 Å². The van der Waals surface area contributed by atoms with Crippen molar-refractivity contribution in [2.24, 2.45) is 0 Å². The Labute approximate surface area is 69.9 Å². The summed E-state index contributed by atoms with van der Waals surface area (Å²) in [6.45, 7) is 0. The van der Waals surface area contributed by atoms with Crippen molar-refractivity contribution in [2.45, 2.75) is 11.3 Å².